The lowest BCUT2D eigenvalue weighted by molar-refractivity contribution is -0.142. The van der Waals surface area contributed by atoms with Gasteiger partial charge in [0.25, 0.3) is 11.8 Å². The fourth-order valence-electron chi connectivity index (χ4n) is 9.22. The Hall–Kier alpha value is -8.32. The third kappa shape index (κ3) is 21.8. The van der Waals surface area contributed by atoms with Crippen LogP contribution < -0.4 is 43.4 Å². The number of nitrogens with two attached hydrogens (primary N) is 2. The number of aliphatic hydroxyl groups is 1. The lowest BCUT2D eigenvalue weighted by atomic mass is 9.82. The number of aromatic nitrogens is 1. The molecule has 0 bridgehead atoms. The number of aliphatic carboxylic acids is 1. The molecule has 3 aromatic rings. The molecule has 23 nitrogen and oxygen atoms in total. The summed E-state index contributed by atoms with van der Waals surface area (Å²) < 4.78 is 31.4. The number of carbonyl (C=O) groups is 10. The van der Waals surface area contributed by atoms with E-state index in [1.807, 2.05) is 55.7 Å². The van der Waals surface area contributed by atoms with Crippen LogP contribution in [0, 0.1) is 23.0 Å². The van der Waals surface area contributed by atoms with Gasteiger partial charge in [-0.2, -0.15) is 0 Å². The van der Waals surface area contributed by atoms with Gasteiger partial charge in [-0.05, 0) is 79.7 Å². The minimum absolute atomic E-state index is 0.0168. The third-order valence-electron chi connectivity index (χ3n) is 13.5. The van der Waals surface area contributed by atoms with Crippen molar-refractivity contribution in [3.8, 4) is 11.1 Å². The van der Waals surface area contributed by atoms with Gasteiger partial charge >= 0.3 is 12.0 Å². The molecule has 10 amide bonds. The Morgan fingerprint density at radius 1 is 0.771 bits per heavy atom. The molecule has 1 aliphatic heterocycles. The summed E-state index contributed by atoms with van der Waals surface area (Å²) in [7, 11) is 0. The van der Waals surface area contributed by atoms with Gasteiger partial charge in [0, 0.05) is 87.3 Å². The normalized spacial score (nSPS) is 14.2. The van der Waals surface area contributed by atoms with E-state index in [9.17, 15) is 62.5 Å². The zero-order chi connectivity index (χ0) is 61.4. The Morgan fingerprint density at radius 3 is 2.11 bits per heavy atom. The number of unbranched alkanes of at least 4 members (excludes halogenated alkanes) is 3. The number of nitrogens with zero attached hydrogens (tertiary/aromatic N) is 3. The number of hydrogen-bond acceptors (Lipinski definition) is 12. The standard InChI is InChI=1S/C58H79F2N11O12/c1-36(2)51(68-47(74)19-10-7-13-29-70-48(75)22-23-49(70)76)55(80)66-43(18-14-27-65-57(62)83)54(79)67-44(56(81)82)17-11-12-26-63-46(73)24-28-64-53(78)42(61)25-30-71(50(77)35-72)52(58(3,4)5)45-31-38(40-32-39(59)20-21-41(40)60)34-69(45)33-37-15-8-6-9-16-37/h6,8-9,14-16,18,20-23,31-32,34,36,42-44,51-52,72H,7,10-13,17,19,24-30,33,35,61H2,1-5H3,(H,63,73)(H,64,78)(H,66,80)(H,67,79)(H,68,74)(H,81,82)(H3,62,65,83)/b18-14+/t42-,43-,44-,51-,52-/m0/s1. The lowest BCUT2D eigenvalue weighted by Crippen LogP contribution is -2.56. The number of carboxylic acid groups (broad SMARTS) is 1. The Kier molecular flexibility index (Phi) is 26.7. The van der Waals surface area contributed by atoms with Crippen LogP contribution in [0.5, 0.6) is 0 Å². The number of carbonyl (C=O) groups excluding carboxylic acids is 9. The van der Waals surface area contributed by atoms with E-state index in [2.05, 4.69) is 31.9 Å². The topological polar surface area (TPSA) is 347 Å². The molecule has 4 rings (SSSR count). The van der Waals surface area contributed by atoms with Crippen LogP contribution in [-0.4, -0.2) is 147 Å². The number of halogens is 2. The minimum Gasteiger partial charge on any atom is -0.480 e. The van der Waals surface area contributed by atoms with Crippen LogP contribution in [0.4, 0.5) is 13.6 Å². The summed E-state index contributed by atoms with van der Waals surface area (Å²) in [5.41, 5.74) is 12.6. The molecule has 1 aromatic heterocycles. The highest BCUT2D eigenvalue weighted by Crippen LogP contribution is 2.41. The molecular formula is C58H79F2N11O12. The van der Waals surface area contributed by atoms with Crippen LogP contribution in [0.3, 0.4) is 0 Å². The van der Waals surface area contributed by atoms with E-state index in [0.717, 1.165) is 28.7 Å². The Morgan fingerprint density at radius 2 is 1.47 bits per heavy atom. The molecule has 0 unspecified atom stereocenters. The van der Waals surface area contributed by atoms with E-state index in [1.54, 1.807) is 26.1 Å². The molecule has 0 saturated carbocycles. The number of imide groups is 1. The first-order chi connectivity index (χ1) is 39.3. The Labute approximate surface area is 481 Å². The van der Waals surface area contributed by atoms with Crippen LogP contribution >= 0.6 is 0 Å². The molecule has 0 fully saturated rings. The molecule has 12 N–H and O–H groups in total. The number of rotatable bonds is 34. The summed E-state index contributed by atoms with van der Waals surface area (Å²) in [5.74, 6) is -7.77. The van der Waals surface area contributed by atoms with Crippen LogP contribution in [-0.2, 0) is 49.7 Å². The van der Waals surface area contributed by atoms with Crippen molar-refractivity contribution in [1.29, 1.82) is 0 Å². The van der Waals surface area contributed by atoms with Crippen molar-refractivity contribution >= 4 is 59.3 Å². The summed E-state index contributed by atoms with van der Waals surface area (Å²) in [5, 5.41) is 35.4. The van der Waals surface area contributed by atoms with Crippen molar-refractivity contribution in [2.75, 3.05) is 39.3 Å². The molecule has 0 spiro atoms. The van der Waals surface area contributed by atoms with Gasteiger partial charge < -0.3 is 63.0 Å². The van der Waals surface area contributed by atoms with Crippen molar-refractivity contribution in [3.05, 3.63) is 108 Å². The van der Waals surface area contributed by atoms with E-state index >= 15 is 4.39 Å². The third-order valence-corrected chi connectivity index (χ3v) is 13.5. The first kappa shape index (κ1) is 67.2. The predicted octanol–water partition coefficient (Wildman–Crippen LogP) is 2.80. The van der Waals surface area contributed by atoms with Crippen molar-refractivity contribution in [1.82, 2.24) is 46.3 Å². The smallest absolute Gasteiger partial charge is 0.326 e. The zero-order valence-electron chi connectivity index (χ0n) is 47.6. The van der Waals surface area contributed by atoms with Gasteiger partial charge in [0.1, 0.15) is 36.4 Å². The molecule has 83 heavy (non-hydrogen) atoms. The number of aliphatic hydroxyl groups excluding tert-OH is 1. The first-order valence-corrected chi connectivity index (χ1v) is 27.6. The molecule has 1 aliphatic rings. The molecule has 0 aliphatic carbocycles. The van der Waals surface area contributed by atoms with E-state index in [1.165, 1.54) is 29.2 Å². The molecular weight excluding hydrogens is 1080 g/mol. The van der Waals surface area contributed by atoms with Gasteiger partial charge in [0.15, 0.2) is 0 Å². The summed E-state index contributed by atoms with van der Waals surface area (Å²) in [6.07, 6.45) is 8.22. The predicted molar refractivity (Wildman–Crippen MR) is 303 cm³/mol. The average Bonchev–Trinajstić information content (AvgIpc) is 4.21. The molecule has 0 radical (unpaired) electrons. The number of primary amides is 1. The number of carboxylic acids is 1. The van der Waals surface area contributed by atoms with Gasteiger partial charge in [0.2, 0.25) is 35.4 Å². The van der Waals surface area contributed by atoms with Crippen molar-refractivity contribution in [2.45, 2.75) is 129 Å². The summed E-state index contributed by atoms with van der Waals surface area (Å²) in [6, 6.07) is 7.42. The van der Waals surface area contributed by atoms with Crippen LogP contribution in [0.15, 0.2) is 85.1 Å². The van der Waals surface area contributed by atoms with Crippen molar-refractivity contribution in [2.24, 2.45) is 22.8 Å². The maximum absolute atomic E-state index is 15.2. The van der Waals surface area contributed by atoms with Gasteiger partial charge in [-0.1, -0.05) is 83.5 Å². The second-order valence-corrected chi connectivity index (χ2v) is 21.5. The molecule has 25 heteroatoms. The Bertz CT molecular complexity index is 2800. The number of benzene rings is 2. The first-order valence-electron chi connectivity index (χ1n) is 27.6. The number of urea groups is 1. The Balaban J connectivity index is 1.27. The zero-order valence-corrected chi connectivity index (χ0v) is 47.6. The van der Waals surface area contributed by atoms with Gasteiger partial charge in [-0.3, -0.25) is 43.3 Å². The fourth-order valence-corrected chi connectivity index (χ4v) is 9.22. The fraction of sp³-hybridized carbons (Fsp3) is 0.483. The molecule has 0 saturated heterocycles. The number of hydrogen-bond donors (Lipinski definition) is 10. The molecule has 452 valence electrons. The van der Waals surface area contributed by atoms with Gasteiger partial charge in [-0.25, -0.2) is 18.4 Å². The summed E-state index contributed by atoms with van der Waals surface area (Å²) in [6.45, 7) is 8.40. The summed E-state index contributed by atoms with van der Waals surface area (Å²) in [4.78, 5) is 129. The minimum atomic E-state index is -1.46. The number of nitrogens with one attached hydrogen (secondary N) is 6. The number of amides is 10. The van der Waals surface area contributed by atoms with Gasteiger partial charge in [0.05, 0.1) is 12.1 Å². The van der Waals surface area contributed by atoms with Gasteiger partial charge in [-0.15, -0.1) is 0 Å². The highest BCUT2D eigenvalue weighted by molar-refractivity contribution is 6.12. The van der Waals surface area contributed by atoms with E-state index in [-0.39, 0.29) is 76.8 Å². The van der Waals surface area contributed by atoms with E-state index in [0.29, 0.717) is 37.1 Å². The van der Waals surface area contributed by atoms with Crippen LogP contribution in [0.1, 0.15) is 110 Å². The van der Waals surface area contributed by atoms with Crippen molar-refractivity contribution in [3.63, 3.8) is 0 Å². The van der Waals surface area contributed by atoms with Crippen LogP contribution in [0.25, 0.3) is 11.1 Å². The van der Waals surface area contributed by atoms with E-state index in [4.69, 9.17) is 11.5 Å². The second kappa shape index (κ2) is 33.0. The maximum Gasteiger partial charge on any atom is 0.326 e. The maximum atomic E-state index is 15.2. The largest absolute Gasteiger partial charge is 0.480 e. The molecule has 2 heterocycles. The SMILES string of the molecule is CC(C)[C@H](NC(=O)CCCCCN1C(=O)C=CC1=O)C(=O)N[C@@H](/C=C/CNC(N)=O)C(=O)N[C@@H](CCCCNC(=O)CCNC(=O)[C@@H](N)CCN(C(=O)CO)[C@@H](c1cc(-c2cc(F)ccc2F)cn1Cc1ccccc1)C(C)(C)C)C(=O)O. The molecule has 2 aromatic carbocycles. The van der Waals surface area contributed by atoms with E-state index < -0.39 is 119 Å². The highest BCUT2D eigenvalue weighted by atomic mass is 19.1. The highest BCUT2D eigenvalue weighted by Gasteiger charge is 2.38. The molecule has 5 atom stereocenters. The van der Waals surface area contributed by atoms with Crippen LogP contribution in [0.2, 0.25) is 0 Å². The second-order valence-electron chi connectivity index (χ2n) is 21.5. The van der Waals surface area contributed by atoms with Crippen molar-refractivity contribution < 1.29 is 66.9 Å². The monoisotopic (exact) mass is 1160 g/mol. The lowest BCUT2D eigenvalue weighted by Gasteiger charge is -2.41. The summed E-state index contributed by atoms with van der Waals surface area (Å²) >= 11 is 0. The quantitative estimate of drug-likeness (QED) is 0.0234. The average molecular weight is 1160 g/mol.